The van der Waals surface area contributed by atoms with E-state index in [2.05, 4.69) is 49.9 Å². The van der Waals surface area contributed by atoms with Gasteiger partial charge in [0.1, 0.15) is 17.1 Å². The second kappa shape index (κ2) is 6.60. The maximum Gasteiger partial charge on any atom is 0.132 e. The van der Waals surface area contributed by atoms with Gasteiger partial charge in [-0.15, -0.1) is 0 Å². The van der Waals surface area contributed by atoms with Crippen molar-refractivity contribution in [2.75, 3.05) is 32.8 Å². The van der Waals surface area contributed by atoms with Crippen LogP contribution in [0.4, 0.5) is 0 Å². The summed E-state index contributed by atoms with van der Waals surface area (Å²) < 4.78 is 11.7. The van der Waals surface area contributed by atoms with Crippen LogP contribution < -0.4 is 4.74 Å². The van der Waals surface area contributed by atoms with Crippen molar-refractivity contribution in [3.63, 3.8) is 0 Å². The number of aromatic hydroxyl groups is 1. The third-order valence-corrected chi connectivity index (χ3v) is 5.42. The van der Waals surface area contributed by atoms with Gasteiger partial charge in [-0.05, 0) is 50.5 Å². The lowest BCUT2D eigenvalue weighted by molar-refractivity contribution is 0.0384. The van der Waals surface area contributed by atoms with Gasteiger partial charge in [0, 0.05) is 25.2 Å². The molecule has 4 rings (SSSR count). The molecule has 1 saturated heterocycles. The van der Waals surface area contributed by atoms with E-state index in [4.69, 9.17) is 9.47 Å². The van der Waals surface area contributed by atoms with E-state index < -0.39 is 5.60 Å². The van der Waals surface area contributed by atoms with Crippen molar-refractivity contribution < 1.29 is 14.6 Å². The van der Waals surface area contributed by atoms with E-state index in [0.717, 1.165) is 67.3 Å². The highest BCUT2D eigenvalue weighted by Crippen LogP contribution is 2.49. The van der Waals surface area contributed by atoms with Gasteiger partial charge in [-0.1, -0.05) is 23.8 Å². The van der Waals surface area contributed by atoms with Gasteiger partial charge in [0.25, 0.3) is 0 Å². The summed E-state index contributed by atoms with van der Waals surface area (Å²) in [6, 6.07) is 10.4. The predicted molar refractivity (Wildman–Crippen MR) is 103 cm³/mol. The van der Waals surface area contributed by atoms with Crippen LogP contribution in [0.1, 0.15) is 30.5 Å². The van der Waals surface area contributed by atoms with Crippen LogP contribution in [0.15, 0.2) is 30.3 Å². The summed E-state index contributed by atoms with van der Waals surface area (Å²) in [6.45, 7) is 10.8. The first-order chi connectivity index (χ1) is 12.4. The minimum atomic E-state index is -0.411. The molecule has 2 aliphatic heterocycles. The summed E-state index contributed by atoms with van der Waals surface area (Å²) in [4.78, 5) is 2.41. The lowest BCUT2D eigenvalue weighted by Gasteiger charge is -2.35. The molecule has 2 aromatic carbocycles. The van der Waals surface area contributed by atoms with Crippen LogP contribution >= 0.6 is 0 Å². The molecule has 1 N–H and O–H groups in total. The van der Waals surface area contributed by atoms with Gasteiger partial charge in [-0.3, -0.25) is 4.90 Å². The molecule has 2 aliphatic rings. The molecule has 0 bridgehead atoms. The number of phenolic OH excluding ortho intramolecular Hbond substituents is 1. The van der Waals surface area contributed by atoms with E-state index in [1.54, 1.807) is 0 Å². The Balaban J connectivity index is 1.66. The highest BCUT2D eigenvalue weighted by Gasteiger charge is 2.34. The van der Waals surface area contributed by atoms with Gasteiger partial charge >= 0.3 is 0 Å². The van der Waals surface area contributed by atoms with Crippen LogP contribution in [0.5, 0.6) is 11.5 Å². The number of hydrogen-bond donors (Lipinski definition) is 1. The molecular formula is C22H27NO3. The lowest BCUT2D eigenvalue weighted by Crippen LogP contribution is -2.37. The number of morpholine rings is 1. The van der Waals surface area contributed by atoms with Crippen molar-refractivity contribution >= 4 is 0 Å². The van der Waals surface area contributed by atoms with E-state index in [1.165, 1.54) is 5.56 Å². The molecule has 0 atom stereocenters. The first-order valence-electron chi connectivity index (χ1n) is 9.40. The molecular weight excluding hydrogens is 326 g/mol. The third kappa shape index (κ3) is 3.19. The minimum Gasteiger partial charge on any atom is -0.507 e. The topological polar surface area (TPSA) is 41.9 Å². The molecule has 0 aromatic heterocycles. The SMILES string of the molecule is Cc1ccc2c(c1)-c1c(O)cc(CCN3CCOCC3)cc1OC2(C)C. The molecule has 138 valence electrons. The van der Waals surface area contributed by atoms with E-state index in [9.17, 15) is 5.11 Å². The summed E-state index contributed by atoms with van der Waals surface area (Å²) in [5, 5.41) is 10.8. The number of rotatable bonds is 3. The Morgan fingerprint density at radius 2 is 1.88 bits per heavy atom. The van der Waals surface area contributed by atoms with E-state index in [-0.39, 0.29) is 0 Å². The van der Waals surface area contributed by atoms with Crippen molar-refractivity contribution in [3.05, 3.63) is 47.0 Å². The molecule has 0 spiro atoms. The van der Waals surface area contributed by atoms with E-state index in [1.807, 2.05) is 6.07 Å². The third-order valence-electron chi connectivity index (χ3n) is 5.42. The average molecular weight is 353 g/mol. The monoisotopic (exact) mass is 353 g/mol. The van der Waals surface area contributed by atoms with Gasteiger partial charge in [-0.2, -0.15) is 0 Å². The van der Waals surface area contributed by atoms with Crippen molar-refractivity contribution in [2.45, 2.75) is 32.8 Å². The zero-order chi connectivity index (χ0) is 18.3. The standard InChI is InChI=1S/C22H27NO3/c1-15-4-5-18-17(12-15)21-19(24)13-16(14-20(21)26-22(18,2)3)6-7-23-8-10-25-11-9-23/h4-5,12-14,24H,6-11H2,1-3H3. The van der Waals surface area contributed by atoms with Crippen LogP contribution in [0.25, 0.3) is 11.1 Å². The fraction of sp³-hybridized carbons (Fsp3) is 0.455. The molecule has 2 aromatic rings. The molecule has 0 radical (unpaired) electrons. The normalized spacial score (nSPS) is 18.7. The quantitative estimate of drug-likeness (QED) is 0.910. The van der Waals surface area contributed by atoms with Crippen LogP contribution in [-0.4, -0.2) is 42.9 Å². The van der Waals surface area contributed by atoms with Crippen LogP contribution in [-0.2, 0) is 16.8 Å². The number of fused-ring (bicyclic) bond motifs is 3. The Hall–Kier alpha value is -2.04. The molecule has 0 unspecified atom stereocenters. The first-order valence-corrected chi connectivity index (χ1v) is 9.40. The molecule has 2 heterocycles. The number of nitrogens with zero attached hydrogens (tertiary/aromatic N) is 1. The number of ether oxygens (including phenoxy) is 2. The Bertz CT molecular complexity index is 822. The smallest absolute Gasteiger partial charge is 0.132 e. The Labute approximate surface area is 155 Å². The molecule has 4 nitrogen and oxygen atoms in total. The summed E-state index contributed by atoms with van der Waals surface area (Å²) in [6.07, 6.45) is 0.894. The highest BCUT2D eigenvalue weighted by molar-refractivity contribution is 5.82. The van der Waals surface area contributed by atoms with Crippen LogP contribution in [0.3, 0.4) is 0 Å². The number of phenols is 1. The fourth-order valence-electron chi connectivity index (χ4n) is 3.98. The number of benzene rings is 2. The number of aryl methyl sites for hydroxylation is 1. The second-order valence-electron chi connectivity index (χ2n) is 7.85. The van der Waals surface area contributed by atoms with Crippen molar-refractivity contribution in [1.29, 1.82) is 0 Å². The summed E-state index contributed by atoms with van der Waals surface area (Å²) in [5.41, 5.74) is 4.90. The summed E-state index contributed by atoms with van der Waals surface area (Å²) >= 11 is 0. The molecule has 4 heteroatoms. The Morgan fingerprint density at radius 3 is 2.65 bits per heavy atom. The van der Waals surface area contributed by atoms with E-state index >= 15 is 0 Å². The van der Waals surface area contributed by atoms with Crippen LogP contribution in [0, 0.1) is 6.92 Å². The molecule has 0 saturated carbocycles. The first kappa shape index (κ1) is 17.4. The summed E-state index contributed by atoms with van der Waals surface area (Å²) in [7, 11) is 0. The van der Waals surface area contributed by atoms with Gasteiger partial charge in [0.15, 0.2) is 0 Å². The lowest BCUT2D eigenvalue weighted by atomic mass is 9.84. The van der Waals surface area contributed by atoms with Crippen molar-refractivity contribution in [3.8, 4) is 22.6 Å². The maximum absolute atomic E-state index is 10.8. The average Bonchev–Trinajstić information content (AvgIpc) is 2.59. The predicted octanol–water partition coefficient (Wildman–Crippen LogP) is 3.87. The van der Waals surface area contributed by atoms with E-state index in [0.29, 0.717) is 5.75 Å². The van der Waals surface area contributed by atoms with Crippen molar-refractivity contribution in [1.82, 2.24) is 4.90 Å². The Kier molecular flexibility index (Phi) is 4.41. The Morgan fingerprint density at radius 1 is 1.12 bits per heavy atom. The van der Waals surface area contributed by atoms with Crippen molar-refractivity contribution in [2.24, 2.45) is 0 Å². The second-order valence-corrected chi connectivity index (χ2v) is 7.85. The maximum atomic E-state index is 10.8. The molecule has 26 heavy (non-hydrogen) atoms. The van der Waals surface area contributed by atoms with Gasteiger partial charge in [-0.25, -0.2) is 0 Å². The highest BCUT2D eigenvalue weighted by atomic mass is 16.5. The fourth-order valence-corrected chi connectivity index (χ4v) is 3.98. The molecule has 0 amide bonds. The van der Waals surface area contributed by atoms with Gasteiger partial charge in [0.05, 0.1) is 18.8 Å². The molecule has 0 aliphatic carbocycles. The molecule has 1 fully saturated rings. The van der Waals surface area contributed by atoms with Crippen LogP contribution in [0.2, 0.25) is 0 Å². The largest absolute Gasteiger partial charge is 0.507 e. The zero-order valence-corrected chi connectivity index (χ0v) is 15.8. The zero-order valence-electron chi connectivity index (χ0n) is 15.8. The summed E-state index contributed by atoms with van der Waals surface area (Å²) in [5.74, 6) is 1.09. The number of hydrogen-bond acceptors (Lipinski definition) is 4. The minimum absolute atomic E-state index is 0.307. The van der Waals surface area contributed by atoms with Gasteiger partial charge < -0.3 is 14.6 Å². The van der Waals surface area contributed by atoms with Gasteiger partial charge in [0.2, 0.25) is 0 Å².